The molecule has 1 atom stereocenters. The molecule has 1 unspecified atom stereocenters. The molecule has 0 radical (unpaired) electrons. The Kier molecular flexibility index (Phi) is 7.59. The minimum absolute atomic E-state index is 0.0656. The predicted octanol–water partition coefficient (Wildman–Crippen LogP) is 2.24. The Morgan fingerprint density at radius 2 is 1.84 bits per heavy atom. The van der Waals surface area contributed by atoms with Crippen LogP contribution < -0.4 is 5.49 Å². The highest BCUT2D eigenvalue weighted by molar-refractivity contribution is 7.90. The second kappa shape index (κ2) is 9.94. The summed E-state index contributed by atoms with van der Waals surface area (Å²) in [5, 5.41) is 11.2. The number of carbonyl (C=O) groups excluding carboxylic acids is 2. The van der Waals surface area contributed by atoms with Crippen molar-refractivity contribution in [3.05, 3.63) is 75.9 Å². The highest BCUT2D eigenvalue weighted by atomic mass is 32.2. The normalized spacial score (nSPS) is 13.2. The molecule has 0 bridgehead atoms. The summed E-state index contributed by atoms with van der Waals surface area (Å²) in [6.07, 6.45) is 2.91. The number of nitro groups is 1. The molecule has 1 aromatic heterocycles. The number of rotatable bonds is 8. The summed E-state index contributed by atoms with van der Waals surface area (Å²) < 4.78 is 34.9. The van der Waals surface area contributed by atoms with Gasteiger partial charge in [0.15, 0.2) is 5.78 Å². The third-order valence-corrected chi connectivity index (χ3v) is 5.48. The molecule has 0 amide bonds. The topological polar surface area (TPSA) is 138 Å². The zero-order chi connectivity index (χ0) is 23.2. The van der Waals surface area contributed by atoms with Crippen LogP contribution in [0.4, 0.5) is 5.69 Å². The van der Waals surface area contributed by atoms with Crippen LogP contribution in [0.3, 0.4) is 0 Å². The quantitative estimate of drug-likeness (QED) is 0.262. The maximum absolute atomic E-state index is 12.7. The minimum atomic E-state index is -4.15. The van der Waals surface area contributed by atoms with Crippen molar-refractivity contribution in [3.63, 3.8) is 0 Å². The maximum atomic E-state index is 12.7. The van der Waals surface area contributed by atoms with Crippen LogP contribution in [0.25, 0.3) is 0 Å². The van der Waals surface area contributed by atoms with E-state index in [0.717, 1.165) is 40.6 Å². The number of ether oxygens (including phenoxy) is 1. The van der Waals surface area contributed by atoms with Gasteiger partial charge in [0.25, 0.3) is 15.7 Å². The van der Waals surface area contributed by atoms with Gasteiger partial charge < -0.3 is 9.30 Å². The van der Waals surface area contributed by atoms with Crippen LogP contribution in [0.5, 0.6) is 0 Å². The Bertz CT molecular complexity index is 1200. The van der Waals surface area contributed by atoms with Crippen LogP contribution in [0.15, 0.2) is 64.0 Å². The second-order valence-corrected chi connectivity index (χ2v) is 8.06. The van der Waals surface area contributed by atoms with E-state index in [4.69, 9.17) is 4.74 Å². The van der Waals surface area contributed by atoms with Gasteiger partial charge in [-0.15, -0.1) is 4.40 Å². The Morgan fingerprint density at radius 1 is 1.19 bits per heavy atom. The summed E-state index contributed by atoms with van der Waals surface area (Å²) in [4.78, 5) is 34.3. The lowest BCUT2D eigenvalue weighted by Gasteiger charge is -2.13. The zero-order valence-electron chi connectivity index (χ0n) is 17.1. The number of sulfonamides is 1. The van der Waals surface area contributed by atoms with Gasteiger partial charge in [0.2, 0.25) is 0 Å². The van der Waals surface area contributed by atoms with Crippen molar-refractivity contribution in [3.8, 4) is 0 Å². The monoisotopic (exact) mass is 447 g/mol. The minimum Gasteiger partial charge on any atom is -0.463 e. The first kappa shape index (κ1) is 23.7. The fraction of sp³-hybridized carbons (Fsp3) is 0.250. The molecule has 0 saturated carbocycles. The summed E-state index contributed by atoms with van der Waals surface area (Å²) in [6.45, 7) is 4.94. The molecule has 1 heterocycles. The van der Waals surface area contributed by atoms with Crippen molar-refractivity contribution in [2.24, 2.45) is 4.40 Å². The third kappa shape index (κ3) is 6.19. The number of hydrogen-bond acceptors (Lipinski definition) is 7. The Hall–Kier alpha value is -3.60. The number of aryl methyl sites for hydroxylation is 1. The smallest absolute Gasteiger partial charge is 0.330 e. The number of ketones is 1. The van der Waals surface area contributed by atoms with Crippen LogP contribution in [-0.2, 0) is 24.3 Å². The molecule has 11 heteroatoms. The molecule has 0 aliphatic carbocycles. The standard InChI is InChI=1S/C20H21N3O7S/c1-4-30-20(25)12-10-18(24)15(3)22-13-16(23(26)27)7-11-19(22)21-31(28,29)17-8-5-14(2)6-9-17/h5-13,15H,4H2,1-3H3/b12-10+,21-19?. The van der Waals surface area contributed by atoms with Gasteiger partial charge in [-0.25, -0.2) is 4.79 Å². The molecule has 0 fully saturated rings. The number of aromatic nitrogens is 1. The summed E-state index contributed by atoms with van der Waals surface area (Å²) in [7, 11) is -4.15. The fourth-order valence-corrected chi connectivity index (χ4v) is 3.48. The molecule has 2 aromatic rings. The van der Waals surface area contributed by atoms with E-state index in [0.29, 0.717) is 0 Å². The van der Waals surface area contributed by atoms with E-state index >= 15 is 0 Å². The molecule has 2 rings (SSSR count). The Balaban J connectivity index is 2.55. The van der Waals surface area contributed by atoms with E-state index in [1.54, 1.807) is 26.0 Å². The van der Waals surface area contributed by atoms with E-state index in [1.165, 1.54) is 19.1 Å². The van der Waals surface area contributed by atoms with E-state index in [1.807, 2.05) is 0 Å². The second-order valence-electron chi connectivity index (χ2n) is 6.45. The largest absolute Gasteiger partial charge is 0.463 e. The van der Waals surface area contributed by atoms with Crippen molar-refractivity contribution in [2.45, 2.75) is 31.7 Å². The number of pyridine rings is 1. The van der Waals surface area contributed by atoms with Crippen LogP contribution in [0, 0.1) is 17.0 Å². The molecule has 31 heavy (non-hydrogen) atoms. The molecular weight excluding hydrogens is 426 g/mol. The van der Waals surface area contributed by atoms with Gasteiger partial charge in [-0.2, -0.15) is 8.42 Å². The third-order valence-electron chi connectivity index (χ3n) is 4.18. The molecule has 0 aliphatic rings. The van der Waals surface area contributed by atoms with E-state index in [2.05, 4.69) is 4.40 Å². The zero-order valence-corrected chi connectivity index (χ0v) is 17.9. The van der Waals surface area contributed by atoms with Gasteiger partial charge in [0.1, 0.15) is 5.49 Å². The van der Waals surface area contributed by atoms with E-state index < -0.39 is 32.7 Å². The molecule has 0 aliphatic heterocycles. The number of esters is 1. The number of carbonyl (C=O) groups is 2. The van der Waals surface area contributed by atoms with Gasteiger partial charge in [0.05, 0.1) is 28.7 Å². The van der Waals surface area contributed by atoms with E-state index in [9.17, 15) is 28.1 Å². The predicted molar refractivity (Wildman–Crippen MR) is 111 cm³/mol. The number of allylic oxidation sites excluding steroid dienone is 1. The molecule has 164 valence electrons. The van der Waals surface area contributed by atoms with Gasteiger partial charge >= 0.3 is 5.97 Å². The van der Waals surface area contributed by atoms with Crippen molar-refractivity contribution in [1.29, 1.82) is 0 Å². The van der Waals surface area contributed by atoms with Crippen molar-refractivity contribution in [1.82, 2.24) is 4.57 Å². The number of hydrogen-bond donors (Lipinski definition) is 0. The SMILES string of the molecule is CCOC(=O)/C=C/C(=O)C(C)n1cc([N+](=O)[O-])ccc1=NS(=O)(=O)c1ccc(C)cc1. The summed E-state index contributed by atoms with van der Waals surface area (Å²) in [5.74, 6) is -1.33. The summed E-state index contributed by atoms with van der Waals surface area (Å²) in [5.41, 5.74) is 0.314. The van der Waals surface area contributed by atoms with Gasteiger partial charge in [-0.3, -0.25) is 14.9 Å². The first-order chi connectivity index (χ1) is 14.5. The highest BCUT2D eigenvalue weighted by Crippen LogP contribution is 2.15. The maximum Gasteiger partial charge on any atom is 0.330 e. The lowest BCUT2D eigenvalue weighted by Crippen LogP contribution is -2.29. The first-order valence-electron chi connectivity index (χ1n) is 9.18. The molecule has 1 aromatic carbocycles. The van der Waals surface area contributed by atoms with Gasteiger partial charge in [-0.1, -0.05) is 17.7 Å². The van der Waals surface area contributed by atoms with Crippen molar-refractivity contribution >= 4 is 27.5 Å². The van der Waals surface area contributed by atoms with Crippen LogP contribution in [0.1, 0.15) is 25.5 Å². The van der Waals surface area contributed by atoms with E-state index in [-0.39, 0.29) is 22.7 Å². The van der Waals surface area contributed by atoms with Crippen LogP contribution in [-0.4, -0.2) is 36.3 Å². The number of nitrogens with zero attached hydrogens (tertiary/aromatic N) is 3. The number of benzene rings is 1. The molecule has 0 spiro atoms. The molecule has 10 nitrogen and oxygen atoms in total. The van der Waals surface area contributed by atoms with Crippen LogP contribution >= 0.6 is 0 Å². The average molecular weight is 447 g/mol. The Morgan fingerprint density at radius 3 is 2.42 bits per heavy atom. The lowest BCUT2D eigenvalue weighted by molar-refractivity contribution is -0.385. The van der Waals surface area contributed by atoms with Crippen LogP contribution in [0.2, 0.25) is 0 Å². The first-order valence-corrected chi connectivity index (χ1v) is 10.6. The average Bonchev–Trinajstić information content (AvgIpc) is 2.72. The molecule has 0 N–H and O–H groups in total. The summed E-state index contributed by atoms with van der Waals surface area (Å²) in [6, 6.07) is 7.14. The van der Waals surface area contributed by atoms with Gasteiger partial charge in [0, 0.05) is 12.1 Å². The Labute approximate surface area is 178 Å². The highest BCUT2D eigenvalue weighted by Gasteiger charge is 2.19. The van der Waals surface area contributed by atoms with Gasteiger partial charge in [-0.05, 0) is 45.0 Å². The lowest BCUT2D eigenvalue weighted by atomic mass is 10.2. The van der Waals surface area contributed by atoms with Crippen molar-refractivity contribution < 1.29 is 27.7 Å². The van der Waals surface area contributed by atoms with Crippen molar-refractivity contribution in [2.75, 3.05) is 6.61 Å². The fourth-order valence-electron chi connectivity index (χ4n) is 2.50. The summed E-state index contributed by atoms with van der Waals surface area (Å²) >= 11 is 0. The molecule has 0 saturated heterocycles. The molecular formula is C20H21N3O7S.